The quantitative estimate of drug-likeness (QED) is 0.0394. The Bertz CT molecular complexity index is 1520. The first kappa shape index (κ1) is 46.2. The molecule has 1 aliphatic heterocycles. The lowest BCUT2D eigenvalue weighted by Gasteiger charge is -2.44. The van der Waals surface area contributed by atoms with Crippen LogP contribution >= 0.6 is 46.6 Å². The van der Waals surface area contributed by atoms with Gasteiger partial charge in [0.1, 0.15) is 30.3 Å². The molecule has 308 valence electrons. The van der Waals surface area contributed by atoms with Gasteiger partial charge in [0.15, 0.2) is 6.10 Å². The van der Waals surface area contributed by atoms with E-state index in [-0.39, 0.29) is 19.6 Å². The molecule has 56 heavy (non-hydrogen) atoms. The number of carbonyl (C=O) groups excluding carboxylic acids is 2. The van der Waals surface area contributed by atoms with E-state index in [0.29, 0.717) is 13.0 Å². The third-order valence-corrected chi connectivity index (χ3v) is 10.8. The highest BCUT2D eigenvalue weighted by molar-refractivity contribution is 7.99. The van der Waals surface area contributed by atoms with Crippen LogP contribution in [0.3, 0.4) is 0 Å². The number of unbranched alkanes of at least 4 members (excludes halogenated alkanes) is 8. The van der Waals surface area contributed by atoms with Crippen molar-refractivity contribution in [2.24, 2.45) is 0 Å². The molecule has 1 fully saturated rings. The molecular weight excluding hydrogens is 798 g/mol. The summed E-state index contributed by atoms with van der Waals surface area (Å²) in [5.74, 6) is -0.584. The minimum Gasteiger partial charge on any atom is -0.457 e. The maximum absolute atomic E-state index is 13.9. The Kier molecular flexibility index (Phi) is 21.2. The van der Waals surface area contributed by atoms with Gasteiger partial charge in [-0.1, -0.05) is 190 Å². The van der Waals surface area contributed by atoms with E-state index >= 15 is 0 Å². The van der Waals surface area contributed by atoms with Crippen LogP contribution in [0.25, 0.3) is 0 Å². The number of alkyl halides is 3. The SMILES string of the molecule is CCCCCCCCCCC[C@H](CC(=O)O[C@H]1[C@H](O)[C@@H](COCc2ccccc2)O[13C@H](Sc2ccccc2)[C@@H]1NC(=O)OCC(Cl)(Cl)Cl)OCc1ccccc1. The number of aliphatic hydroxyl groups is 1. The lowest BCUT2D eigenvalue weighted by molar-refractivity contribution is -0.200. The van der Waals surface area contributed by atoms with E-state index in [9.17, 15) is 14.7 Å². The summed E-state index contributed by atoms with van der Waals surface area (Å²) in [4.78, 5) is 27.8. The van der Waals surface area contributed by atoms with Crippen LogP contribution in [0, 0.1) is 0 Å². The predicted octanol–water partition coefficient (Wildman–Crippen LogP) is 10.4. The predicted molar refractivity (Wildman–Crippen MR) is 223 cm³/mol. The second kappa shape index (κ2) is 25.7. The summed E-state index contributed by atoms with van der Waals surface area (Å²) in [5.41, 5.74) is 1.09. The van der Waals surface area contributed by atoms with Gasteiger partial charge in [-0.2, -0.15) is 0 Å². The average Bonchev–Trinajstić information content (AvgIpc) is 3.19. The largest absolute Gasteiger partial charge is 0.457 e. The smallest absolute Gasteiger partial charge is 0.407 e. The number of halogens is 3. The van der Waals surface area contributed by atoms with Gasteiger partial charge in [0.05, 0.1) is 32.3 Å². The fraction of sp³-hybridized carbons (Fsp3) is 0.535. The van der Waals surface area contributed by atoms with Crippen molar-refractivity contribution < 1.29 is 38.4 Å². The van der Waals surface area contributed by atoms with Gasteiger partial charge >= 0.3 is 12.1 Å². The Morgan fingerprint density at radius 3 is 2.00 bits per heavy atom. The van der Waals surface area contributed by atoms with Crippen molar-refractivity contribution >= 4 is 58.6 Å². The Morgan fingerprint density at radius 1 is 0.821 bits per heavy atom. The van der Waals surface area contributed by atoms with E-state index in [1.807, 2.05) is 91.0 Å². The number of hydrogen-bond donors (Lipinski definition) is 2. The minimum atomic E-state index is -1.85. The topological polar surface area (TPSA) is 113 Å². The molecule has 6 atom stereocenters. The summed E-state index contributed by atoms with van der Waals surface area (Å²) in [6.45, 7) is 2.30. The van der Waals surface area contributed by atoms with Crippen molar-refractivity contribution in [3.63, 3.8) is 0 Å². The molecule has 1 heterocycles. The molecule has 3 aromatic rings. The van der Waals surface area contributed by atoms with Crippen molar-refractivity contribution in [1.82, 2.24) is 5.32 Å². The molecule has 0 aromatic heterocycles. The molecule has 0 bridgehead atoms. The average molecular weight is 854 g/mol. The van der Waals surface area contributed by atoms with Gasteiger partial charge in [-0.3, -0.25) is 4.79 Å². The number of ether oxygens (including phenoxy) is 5. The zero-order chi connectivity index (χ0) is 40.0. The monoisotopic (exact) mass is 852 g/mol. The third-order valence-electron chi connectivity index (χ3n) is 9.33. The van der Waals surface area contributed by atoms with Crippen molar-refractivity contribution in [3.8, 4) is 0 Å². The van der Waals surface area contributed by atoms with Crippen LogP contribution < -0.4 is 5.32 Å². The lowest BCUT2D eigenvalue weighted by Crippen LogP contribution is -2.64. The van der Waals surface area contributed by atoms with Crippen LogP contribution in [0.2, 0.25) is 0 Å². The van der Waals surface area contributed by atoms with Gasteiger partial charge in [-0.15, -0.1) is 0 Å². The molecule has 13 heteroatoms. The number of amides is 1. The number of thioether (sulfide) groups is 1. The zero-order valence-electron chi connectivity index (χ0n) is 32.1. The van der Waals surface area contributed by atoms with Crippen molar-refractivity contribution in [2.75, 3.05) is 13.2 Å². The maximum atomic E-state index is 13.9. The number of carbonyl (C=O) groups is 2. The molecule has 0 unspecified atom stereocenters. The number of benzene rings is 3. The van der Waals surface area contributed by atoms with Gasteiger partial charge in [-0.25, -0.2) is 4.79 Å². The molecule has 9 nitrogen and oxygen atoms in total. The molecule has 1 saturated heterocycles. The third kappa shape index (κ3) is 17.9. The van der Waals surface area contributed by atoms with Crippen LogP contribution in [0.15, 0.2) is 95.9 Å². The number of aliphatic hydroxyl groups excluding tert-OH is 1. The van der Waals surface area contributed by atoms with E-state index in [1.54, 1.807) is 0 Å². The lowest BCUT2D eigenvalue weighted by atomic mass is 10.0. The van der Waals surface area contributed by atoms with Crippen LogP contribution in [-0.4, -0.2) is 70.1 Å². The minimum absolute atomic E-state index is 0.0121. The summed E-state index contributed by atoms with van der Waals surface area (Å²) in [6.07, 6.45) is 6.27. The number of nitrogens with one attached hydrogen (secondary N) is 1. The molecule has 2 N–H and O–H groups in total. The molecule has 0 radical (unpaired) electrons. The summed E-state index contributed by atoms with van der Waals surface area (Å²) < 4.78 is 28.2. The summed E-state index contributed by atoms with van der Waals surface area (Å²) >= 11 is 18.8. The standard InChI is InChI=1S/C43H56Cl3NO8S/c1-2-3-4-5-6-7-8-9-17-24-34(52-29-33-22-15-11-16-23-33)27-37(48)55-40-38(47-42(50)53-31-43(44,45)46)41(56-35-25-18-12-19-26-35)54-36(39(40)49)30-51-28-32-20-13-10-14-21-32/h10-16,18-23,25-26,34,36,38-41,49H,2-9,17,24,27-31H2,1H3,(H,47,50)/t34-,36-,38-,39-,40-,41-/m1/s1/i41+1. The van der Waals surface area contributed by atoms with Crippen LogP contribution in [0.5, 0.6) is 0 Å². The van der Waals surface area contributed by atoms with E-state index < -0.39 is 58.4 Å². The zero-order valence-corrected chi connectivity index (χ0v) is 35.2. The highest BCUT2D eigenvalue weighted by Gasteiger charge is 2.49. The van der Waals surface area contributed by atoms with Crippen LogP contribution in [-0.2, 0) is 41.7 Å². The Labute approximate surface area is 351 Å². The second-order valence-electron chi connectivity index (χ2n) is 14.0. The Hall–Kier alpha value is -2.54. The van der Waals surface area contributed by atoms with Gasteiger partial charge in [0, 0.05) is 4.90 Å². The van der Waals surface area contributed by atoms with Crippen molar-refractivity contribution in [1.29, 1.82) is 0 Å². The molecule has 0 aliphatic carbocycles. The highest BCUT2D eigenvalue weighted by Crippen LogP contribution is 2.35. The first-order valence-electron chi connectivity index (χ1n) is 19.6. The molecule has 1 aliphatic rings. The molecule has 4 rings (SSSR count). The molecule has 0 spiro atoms. The van der Waals surface area contributed by atoms with Gasteiger partial charge < -0.3 is 34.1 Å². The van der Waals surface area contributed by atoms with E-state index in [4.69, 9.17) is 58.5 Å². The molecule has 1 amide bonds. The van der Waals surface area contributed by atoms with Crippen molar-refractivity contribution in [2.45, 2.75) is 135 Å². The van der Waals surface area contributed by atoms with Crippen LogP contribution in [0.1, 0.15) is 88.7 Å². The van der Waals surface area contributed by atoms with E-state index in [0.717, 1.165) is 35.3 Å². The number of esters is 1. The summed E-state index contributed by atoms with van der Waals surface area (Å²) in [5, 5.41) is 14.5. The van der Waals surface area contributed by atoms with Gasteiger partial charge in [0.2, 0.25) is 3.79 Å². The fourth-order valence-electron chi connectivity index (χ4n) is 6.37. The normalized spacial score (nSPS) is 20.3. The van der Waals surface area contributed by atoms with E-state index in [2.05, 4.69) is 12.2 Å². The molecule has 0 saturated carbocycles. The summed E-state index contributed by atoms with van der Waals surface area (Å²) in [7, 11) is 0. The summed E-state index contributed by atoms with van der Waals surface area (Å²) in [6, 6.07) is 27.8. The number of hydrogen-bond acceptors (Lipinski definition) is 9. The highest BCUT2D eigenvalue weighted by atomic mass is 35.6. The first-order valence-corrected chi connectivity index (χ1v) is 21.6. The van der Waals surface area contributed by atoms with Crippen LogP contribution in [0.4, 0.5) is 4.79 Å². The first-order chi connectivity index (χ1) is 27.1. The molecule has 3 aromatic carbocycles. The van der Waals surface area contributed by atoms with Crippen molar-refractivity contribution in [3.05, 3.63) is 102 Å². The number of rotatable bonds is 24. The second-order valence-corrected chi connectivity index (χ2v) is 17.7. The van der Waals surface area contributed by atoms with E-state index in [1.165, 1.54) is 50.3 Å². The number of alkyl carbamates (subject to hydrolysis) is 1. The maximum Gasteiger partial charge on any atom is 0.407 e. The Balaban J connectivity index is 1.50. The Morgan fingerprint density at radius 2 is 1.39 bits per heavy atom. The van der Waals surface area contributed by atoms with Gasteiger partial charge in [-0.05, 0) is 29.7 Å². The molecular formula is C43H56Cl3NO8S. The van der Waals surface area contributed by atoms with Gasteiger partial charge in [0.25, 0.3) is 0 Å². The fourth-order valence-corrected chi connectivity index (χ4v) is 7.69.